The minimum atomic E-state index is -1.27. The topological polar surface area (TPSA) is 94.0 Å². The quantitative estimate of drug-likeness (QED) is 0.546. The number of nitro groups is 1. The zero-order chi connectivity index (χ0) is 13.0. The van der Waals surface area contributed by atoms with Crippen LogP contribution in [0, 0.1) is 10.1 Å². The highest BCUT2D eigenvalue weighted by Crippen LogP contribution is 2.24. The molecule has 1 fully saturated rings. The minimum absolute atomic E-state index is 0.314. The lowest BCUT2D eigenvalue weighted by atomic mass is 9.90. The van der Waals surface area contributed by atoms with Crippen LogP contribution >= 0.6 is 0 Å². The van der Waals surface area contributed by atoms with Gasteiger partial charge in [-0.15, -0.1) is 0 Å². The SMILES string of the molecule is NC1N=CC=CC1(CCN1CCOCC1)[N+](=O)[O-]. The molecular weight excluding hydrogens is 236 g/mol. The summed E-state index contributed by atoms with van der Waals surface area (Å²) >= 11 is 0. The molecule has 7 heteroatoms. The Morgan fingerprint density at radius 3 is 2.89 bits per heavy atom. The van der Waals surface area contributed by atoms with Crippen molar-refractivity contribution in [1.29, 1.82) is 0 Å². The molecular formula is C11H18N4O3. The summed E-state index contributed by atoms with van der Waals surface area (Å²) in [6, 6.07) is 0. The largest absolute Gasteiger partial charge is 0.379 e. The third-order valence-electron chi connectivity index (χ3n) is 3.50. The first-order valence-electron chi connectivity index (χ1n) is 6.06. The molecule has 2 aliphatic heterocycles. The normalized spacial score (nSPS) is 32.6. The van der Waals surface area contributed by atoms with E-state index in [4.69, 9.17) is 10.5 Å². The van der Waals surface area contributed by atoms with Crippen molar-refractivity contribution in [3.05, 3.63) is 22.3 Å². The van der Waals surface area contributed by atoms with Crippen LogP contribution in [0.3, 0.4) is 0 Å². The van der Waals surface area contributed by atoms with Crippen LogP contribution in [0.1, 0.15) is 6.42 Å². The number of allylic oxidation sites excluding steroid dienone is 1. The first kappa shape index (κ1) is 13.1. The number of hydrogen-bond donors (Lipinski definition) is 1. The van der Waals surface area contributed by atoms with Gasteiger partial charge in [-0.05, 0) is 12.2 Å². The standard InChI is InChI=1S/C11H18N4O3/c12-10-11(15(16)17,2-1-4-13-10)3-5-14-6-8-18-9-7-14/h1-2,4,10H,3,5-9,12H2. The highest BCUT2D eigenvalue weighted by Gasteiger charge is 2.47. The molecule has 7 nitrogen and oxygen atoms in total. The van der Waals surface area contributed by atoms with Gasteiger partial charge in [0.15, 0.2) is 6.17 Å². The van der Waals surface area contributed by atoms with Crippen molar-refractivity contribution in [3.63, 3.8) is 0 Å². The van der Waals surface area contributed by atoms with Crippen molar-refractivity contribution in [3.8, 4) is 0 Å². The van der Waals surface area contributed by atoms with Crippen LogP contribution in [-0.4, -0.2) is 60.6 Å². The molecule has 18 heavy (non-hydrogen) atoms. The molecule has 1 saturated heterocycles. The van der Waals surface area contributed by atoms with E-state index in [1.165, 1.54) is 6.21 Å². The zero-order valence-electron chi connectivity index (χ0n) is 10.2. The fraction of sp³-hybridized carbons (Fsp3) is 0.727. The number of morpholine rings is 1. The van der Waals surface area contributed by atoms with Gasteiger partial charge >= 0.3 is 0 Å². The van der Waals surface area contributed by atoms with Gasteiger partial charge in [0.2, 0.25) is 0 Å². The number of dihydropyridines is 1. The molecule has 100 valence electrons. The number of nitrogens with zero attached hydrogens (tertiary/aromatic N) is 3. The van der Waals surface area contributed by atoms with E-state index in [2.05, 4.69) is 9.89 Å². The van der Waals surface area contributed by atoms with E-state index >= 15 is 0 Å². The van der Waals surface area contributed by atoms with E-state index in [-0.39, 0.29) is 4.92 Å². The average molecular weight is 254 g/mol. The second-order valence-corrected chi connectivity index (χ2v) is 4.55. The van der Waals surface area contributed by atoms with Crippen LogP contribution in [0.2, 0.25) is 0 Å². The summed E-state index contributed by atoms with van der Waals surface area (Å²) in [4.78, 5) is 17.1. The lowest BCUT2D eigenvalue weighted by Gasteiger charge is -2.31. The maximum Gasteiger partial charge on any atom is 0.276 e. The number of nitrogens with two attached hydrogens (primary N) is 1. The average Bonchev–Trinajstić information content (AvgIpc) is 2.39. The van der Waals surface area contributed by atoms with Crippen LogP contribution in [0.5, 0.6) is 0 Å². The van der Waals surface area contributed by atoms with Crippen molar-refractivity contribution in [2.45, 2.75) is 18.1 Å². The number of hydrogen-bond acceptors (Lipinski definition) is 6. The number of rotatable bonds is 4. The van der Waals surface area contributed by atoms with Crippen molar-refractivity contribution in [2.24, 2.45) is 10.7 Å². The summed E-state index contributed by atoms with van der Waals surface area (Å²) in [5, 5.41) is 11.3. The summed E-state index contributed by atoms with van der Waals surface area (Å²) in [6.45, 7) is 3.64. The van der Waals surface area contributed by atoms with E-state index in [0.29, 0.717) is 26.2 Å². The van der Waals surface area contributed by atoms with Crippen LogP contribution in [0.15, 0.2) is 17.1 Å². The Labute approximate surface area is 105 Å². The van der Waals surface area contributed by atoms with Crippen LogP contribution in [0.4, 0.5) is 0 Å². The monoisotopic (exact) mass is 254 g/mol. The molecule has 2 atom stereocenters. The molecule has 2 heterocycles. The molecule has 0 aromatic rings. The highest BCUT2D eigenvalue weighted by molar-refractivity contribution is 5.73. The van der Waals surface area contributed by atoms with Gasteiger partial charge in [0.1, 0.15) is 0 Å². The molecule has 0 amide bonds. The number of aliphatic imine (C=N–C) groups is 1. The van der Waals surface area contributed by atoms with Gasteiger partial charge in [-0.25, -0.2) is 0 Å². The van der Waals surface area contributed by atoms with Gasteiger partial charge in [-0.2, -0.15) is 0 Å². The van der Waals surface area contributed by atoms with Gasteiger partial charge in [0.05, 0.1) is 13.2 Å². The molecule has 0 saturated carbocycles. The molecule has 0 aromatic carbocycles. The summed E-state index contributed by atoms with van der Waals surface area (Å²) in [5.74, 6) is 0. The highest BCUT2D eigenvalue weighted by atomic mass is 16.6. The Balaban J connectivity index is 2.00. The maximum absolute atomic E-state index is 11.3. The molecule has 2 N–H and O–H groups in total. The van der Waals surface area contributed by atoms with Crippen molar-refractivity contribution in [2.75, 3.05) is 32.8 Å². The summed E-state index contributed by atoms with van der Waals surface area (Å²) in [5.41, 5.74) is 4.53. The van der Waals surface area contributed by atoms with E-state index in [9.17, 15) is 10.1 Å². The maximum atomic E-state index is 11.3. The summed E-state index contributed by atoms with van der Waals surface area (Å²) in [7, 11) is 0. The minimum Gasteiger partial charge on any atom is -0.379 e. The Bertz CT molecular complexity index is 365. The molecule has 0 aliphatic carbocycles. The summed E-state index contributed by atoms with van der Waals surface area (Å²) in [6.07, 6.45) is 4.24. The fourth-order valence-electron chi connectivity index (χ4n) is 2.23. The molecule has 2 unspecified atom stereocenters. The Morgan fingerprint density at radius 2 is 2.28 bits per heavy atom. The van der Waals surface area contributed by atoms with Gasteiger partial charge in [-0.3, -0.25) is 20.0 Å². The van der Waals surface area contributed by atoms with Gasteiger partial charge in [-0.1, -0.05) is 0 Å². The predicted molar refractivity (Wildman–Crippen MR) is 67.2 cm³/mol. The Morgan fingerprint density at radius 1 is 1.56 bits per heavy atom. The zero-order valence-corrected chi connectivity index (χ0v) is 10.2. The van der Waals surface area contributed by atoms with E-state index < -0.39 is 11.7 Å². The van der Waals surface area contributed by atoms with Crippen molar-refractivity contribution >= 4 is 6.21 Å². The molecule has 2 rings (SSSR count). The first-order valence-corrected chi connectivity index (χ1v) is 6.06. The lowest BCUT2D eigenvalue weighted by Crippen LogP contribution is -2.54. The van der Waals surface area contributed by atoms with Crippen molar-refractivity contribution in [1.82, 2.24) is 4.90 Å². The van der Waals surface area contributed by atoms with Gasteiger partial charge in [0, 0.05) is 37.2 Å². The van der Waals surface area contributed by atoms with E-state index in [0.717, 1.165) is 13.1 Å². The van der Waals surface area contributed by atoms with Gasteiger partial charge < -0.3 is 10.5 Å². The third kappa shape index (κ3) is 2.58. The second kappa shape index (κ2) is 5.55. The van der Waals surface area contributed by atoms with Crippen LogP contribution in [0.25, 0.3) is 0 Å². The summed E-state index contributed by atoms with van der Waals surface area (Å²) < 4.78 is 5.25. The Kier molecular flexibility index (Phi) is 4.05. The third-order valence-corrected chi connectivity index (χ3v) is 3.50. The van der Waals surface area contributed by atoms with E-state index in [1.807, 2.05) is 0 Å². The lowest BCUT2D eigenvalue weighted by molar-refractivity contribution is -0.560. The molecule has 0 radical (unpaired) electrons. The van der Waals surface area contributed by atoms with E-state index in [1.54, 1.807) is 12.2 Å². The van der Waals surface area contributed by atoms with Gasteiger partial charge in [0.25, 0.3) is 5.54 Å². The van der Waals surface area contributed by atoms with Crippen LogP contribution in [-0.2, 0) is 4.74 Å². The van der Waals surface area contributed by atoms with Crippen LogP contribution < -0.4 is 5.73 Å². The molecule has 0 bridgehead atoms. The first-order chi connectivity index (χ1) is 8.65. The molecule has 0 aromatic heterocycles. The smallest absolute Gasteiger partial charge is 0.276 e. The molecule has 2 aliphatic rings. The fourth-order valence-corrected chi connectivity index (χ4v) is 2.23. The number of ether oxygens (including phenoxy) is 1. The Hall–Kier alpha value is -1.31. The van der Waals surface area contributed by atoms with Crippen molar-refractivity contribution < 1.29 is 9.66 Å². The molecule has 0 spiro atoms. The predicted octanol–water partition coefficient (Wildman–Crippen LogP) is -0.350. The second-order valence-electron chi connectivity index (χ2n) is 4.55.